The van der Waals surface area contributed by atoms with E-state index in [-0.39, 0.29) is 0 Å². The smallest absolute Gasteiger partial charge is 0.311 e. The molecule has 1 unspecified atom stereocenters. The Morgan fingerprint density at radius 2 is 2.00 bits per heavy atom. The van der Waals surface area contributed by atoms with E-state index in [0.717, 1.165) is 5.69 Å². The van der Waals surface area contributed by atoms with E-state index in [1.807, 2.05) is 30.3 Å². The van der Waals surface area contributed by atoms with Crippen molar-refractivity contribution in [1.82, 2.24) is 0 Å². The van der Waals surface area contributed by atoms with Gasteiger partial charge in [-0.05, 0) is 16.7 Å². The molecule has 14 heavy (non-hydrogen) atoms. The van der Waals surface area contributed by atoms with Crippen LogP contribution in [-0.4, -0.2) is 17.6 Å². The van der Waals surface area contributed by atoms with E-state index in [0.29, 0.717) is 19.1 Å². The van der Waals surface area contributed by atoms with Crippen LogP contribution in [0.3, 0.4) is 0 Å². The highest BCUT2D eigenvalue weighted by Crippen LogP contribution is 2.15. The molecule has 0 aromatic heterocycles. The Balaban J connectivity index is 2.36. The van der Waals surface area contributed by atoms with Crippen molar-refractivity contribution in [3.05, 3.63) is 30.3 Å². The van der Waals surface area contributed by atoms with Crippen LogP contribution in [-0.2, 0) is 4.57 Å². The van der Waals surface area contributed by atoms with Crippen molar-refractivity contribution in [3.63, 3.8) is 0 Å². The molecular weight excluding hydrogens is 199 g/mol. The lowest BCUT2D eigenvalue weighted by atomic mass is 10.3. The van der Waals surface area contributed by atoms with Gasteiger partial charge >= 0.3 is 8.03 Å². The number of nitrogens with zero attached hydrogens (tertiary/aromatic N) is 1. The van der Waals surface area contributed by atoms with Crippen molar-refractivity contribution in [2.45, 2.75) is 6.42 Å². The molecule has 76 valence electrons. The summed E-state index contributed by atoms with van der Waals surface area (Å²) in [6.07, 6.45) is 0.924. The minimum atomic E-state index is -2.03. The van der Waals surface area contributed by atoms with Gasteiger partial charge in [-0.1, -0.05) is 18.2 Å². The van der Waals surface area contributed by atoms with Gasteiger partial charge in [0.05, 0.1) is 5.69 Å². The molecule has 4 nitrogen and oxygen atoms in total. The maximum absolute atomic E-state index is 10.4. The summed E-state index contributed by atoms with van der Waals surface area (Å²) >= 11 is 0. The summed E-state index contributed by atoms with van der Waals surface area (Å²) in [4.78, 5) is 8.59. The predicted octanol–water partition coefficient (Wildman–Crippen LogP) is 1.49. The molecule has 0 aliphatic heterocycles. The summed E-state index contributed by atoms with van der Waals surface area (Å²) < 4.78 is 10.4. The summed E-state index contributed by atoms with van der Waals surface area (Å²) in [7, 11) is -2.03. The number of hydrazine groups is 1. The maximum atomic E-state index is 10.4. The van der Waals surface area contributed by atoms with Crippen molar-refractivity contribution < 1.29 is 9.46 Å². The molecule has 1 aromatic rings. The third-order valence-corrected chi connectivity index (χ3v) is 2.54. The first kappa shape index (κ1) is 11.1. The van der Waals surface area contributed by atoms with Crippen LogP contribution >= 0.6 is 8.03 Å². The van der Waals surface area contributed by atoms with E-state index in [2.05, 4.69) is 0 Å². The van der Waals surface area contributed by atoms with E-state index in [9.17, 15) is 4.57 Å². The summed E-state index contributed by atoms with van der Waals surface area (Å²) in [6, 6.07) is 9.53. The monoisotopic (exact) mass is 213 g/mol. The van der Waals surface area contributed by atoms with Crippen LogP contribution in [0.5, 0.6) is 0 Å². The predicted molar refractivity (Wildman–Crippen MR) is 57.3 cm³/mol. The summed E-state index contributed by atoms with van der Waals surface area (Å²) in [5, 5.41) is 1.58. The SMILES string of the molecule is NN(CCC[P+](=O)O)c1ccccc1. The third-order valence-electron chi connectivity index (χ3n) is 1.84. The van der Waals surface area contributed by atoms with Crippen molar-refractivity contribution in [3.8, 4) is 0 Å². The van der Waals surface area contributed by atoms with Gasteiger partial charge in [0.2, 0.25) is 0 Å². The molecule has 0 radical (unpaired) electrons. The Hall–Kier alpha value is -0.960. The van der Waals surface area contributed by atoms with Crippen LogP contribution in [0, 0.1) is 0 Å². The van der Waals surface area contributed by atoms with Crippen molar-refractivity contribution >= 4 is 13.7 Å². The molecule has 0 saturated heterocycles. The molecule has 0 bridgehead atoms. The van der Waals surface area contributed by atoms with Gasteiger partial charge in [-0.2, -0.15) is 4.89 Å². The van der Waals surface area contributed by atoms with Gasteiger partial charge in [-0.25, -0.2) is 5.84 Å². The molecule has 0 aliphatic rings. The average molecular weight is 213 g/mol. The molecule has 0 spiro atoms. The second-order valence-corrected chi connectivity index (χ2v) is 4.11. The Morgan fingerprint density at radius 3 is 2.57 bits per heavy atom. The normalized spacial score (nSPS) is 11.1. The van der Waals surface area contributed by atoms with Crippen LogP contribution in [0.25, 0.3) is 0 Å². The van der Waals surface area contributed by atoms with Crippen LogP contribution in [0.2, 0.25) is 0 Å². The molecule has 0 saturated carbocycles. The van der Waals surface area contributed by atoms with Crippen molar-refractivity contribution in [2.24, 2.45) is 5.84 Å². The average Bonchev–Trinajstić information content (AvgIpc) is 2.18. The molecule has 0 heterocycles. The summed E-state index contributed by atoms with van der Waals surface area (Å²) in [5.41, 5.74) is 0.917. The van der Waals surface area contributed by atoms with Crippen LogP contribution in [0.4, 0.5) is 5.69 Å². The summed E-state index contributed by atoms with van der Waals surface area (Å²) in [5.74, 6) is 5.74. The van der Waals surface area contributed by atoms with E-state index >= 15 is 0 Å². The number of anilines is 1. The minimum absolute atomic E-state index is 0.301. The molecule has 0 aliphatic carbocycles. The van der Waals surface area contributed by atoms with E-state index in [4.69, 9.17) is 10.7 Å². The second kappa shape index (κ2) is 5.70. The van der Waals surface area contributed by atoms with Gasteiger partial charge in [-0.15, -0.1) is 0 Å². The lowest BCUT2D eigenvalue weighted by Crippen LogP contribution is -2.31. The largest absolute Gasteiger partial charge is 0.505 e. The fraction of sp³-hybridized carbons (Fsp3) is 0.333. The zero-order valence-corrected chi connectivity index (χ0v) is 8.73. The topological polar surface area (TPSA) is 66.6 Å². The van der Waals surface area contributed by atoms with E-state index in [1.54, 1.807) is 5.01 Å². The third kappa shape index (κ3) is 3.83. The van der Waals surface area contributed by atoms with Gasteiger partial charge in [-0.3, -0.25) is 0 Å². The van der Waals surface area contributed by atoms with E-state index in [1.165, 1.54) is 0 Å². The number of hydrogen-bond acceptors (Lipinski definition) is 3. The van der Waals surface area contributed by atoms with Crippen molar-refractivity contribution in [2.75, 3.05) is 17.7 Å². The van der Waals surface area contributed by atoms with Crippen LogP contribution in [0.1, 0.15) is 6.42 Å². The number of para-hydroxylation sites is 1. The Kier molecular flexibility index (Phi) is 4.53. The molecule has 1 rings (SSSR count). The first-order valence-electron chi connectivity index (χ1n) is 4.41. The molecular formula is C9H14N2O2P+. The van der Waals surface area contributed by atoms with Gasteiger partial charge in [0.1, 0.15) is 0 Å². The Labute approximate surface area is 84.2 Å². The molecule has 0 fully saturated rings. The fourth-order valence-corrected chi connectivity index (χ4v) is 1.54. The first-order chi connectivity index (χ1) is 6.70. The lowest BCUT2D eigenvalue weighted by molar-refractivity contribution is 0.501. The molecule has 1 aromatic carbocycles. The highest BCUT2D eigenvalue weighted by atomic mass is 31.1. The zero-order valence-electron chi connectivity index (χ0n) is 7.84. The fourth-order valence-electron chi connectivity index (χ4n) is 1.12. The molecule has 3 N–H and O–H groups in total. The number of benzene rings is 1. The second-order valence-electron chi connectivity index (χ2n) is 2.96. The quantitative estimate of drug-likeness (QED) is 0.442. The number of rotatable bonds is 5. The highest BCUT2D eigenvalue weighted by molar-refractivity contribution is 7.37. The Bertz CT molecular complexity index is 292. The molecule has 5 heteroatoms. The molecule has 1 atom stereocenters. The van der Waals surface area contributed by atoms with Gasteiger partial charge in [0.25, 0.3) is 0 Å². The molecule has 0 amide bonds. The highest BCUT2D eigenvalue weighted by Gasteiger charge is 2.10. The van der Waals surface area contributed by atoms with Crippen molar-refractivity contribution in [1.29, 1.82) is 0 Å². The Morgan fingerprint density at radius 1 is 1.36 bits per heavy atom. The van der Waals surface area contributed by atoms with Gasteiger partial charge in [0, 0.05) is 13.0 Å². The first-order valence-corrected chi connectivity index (χ1v) is 5.81. The zero-order chi connectivity index (χ0) is 10.4. The van der Waals surface area contributed by atoms with Crippen LogP contribution in [0.15, 0.2) is 30.3 Å². The van der Waals surface area contributed by atoms with Gasteiger partial charge < -0.3 is 5.01 Å². The van der Waals surface area contributed by atoms with Gasteiger partial charge in [0.15, 0.2) is 6.16 Å². The number of hydrogen-bond donors (Lipinski definition) is 2. The minimum Gasteiger partial charge on any atom is -0.311 e. The van der Waals surface area contributed by atoms with E-state index < -0.39 is 8.03 Å². The number of nitrogens with two attached hydrogens (primary N) is 1. The maximum Gasteiger partial charge on any atom is 0.505 e. The van der Waals surface area contributed by atoms with Crippen LogP contribution < -0.4 is 10.9 Å². The summed E-state index contributed by atoms with van der Waals surface area (Å²) in [6.45, 7) is 0.589. The lowest BCUT2D eigenvalue weighted by Gasteiger charge is -2.16. The standard InChI is InChI=1S/C9H13N2O2P/c10-11(7-4-8-14(12)13)9-5-2-1-3-6-9/h1-3,5-6H,4,7-8,10H2/p+1.